The number of hydrogen-bond acceptors (Lipinski definition) is 9. The van der Waals surface area contributed by atoms with Gasteiger partial charge in [0.05, 0.1) is 38.7 Å². The molecule has 2 aliphatic carbocycles. The minimum atomic E-state index is -1.39. The summed E-state index contributed by atoms with van der Waals surface area (Å²) in [5, 5.41) is 29.1. The summed E-state index contributed by atoms with van der Waals surface area (Å²) >= 11 is 11.4. The van der Waals surface area contributed by atoms with E-state index in [9.17, 15) is 29.6 Å². The monoisotopic (exact) mass is 839 g/mol. The number of imide groups is 2. The summed E-state index contributed by atoms with van der Waals surface area (Å²) in [6, 6.07) is 17.6. The van der Waals surface area contributed by atoms with Crippen molar-refractivity contribution in [2.24, 2.45) is 36.1 Å². The Hall–Kier alpha value is -5.18. The van der Waals surface area contributed by atoms with Crippen LogP contribution < -0.4 is 9.80 Å². The zero-order chi connectivity index (χ0) is 38.8. The highest BCUT2D eigenvalue weighted by molar-refractivity contribution is 9.10. The average Bonchev–Trinajstić information content (AvgIpc) is 3.83. The Morgan fingerprint density at radius 3 is 2.45 bits per heavy atom. The molecule has 4 heterocycles. The molecule has 15 heteroatoms. The summed E-state index contributed by atoms with van der Waals surface area (Å²) < 4.78 is 3.20. The molecule has 55 heavy (non-hydrogen) atoms. The minimum Gasteiger partial charge on any atom is -0.508 e. The van der Waals surface area contributed by atoms with Crippen molar-refractivity contribution in [3.63, 3.8) is 0 Å². The fourth-order valence-electron chi connectivity index (χ4n) is 9.53. The van der Waals surface area contributed by atoms with E-state index in [1.54, 1.807) is 32.2 Å². The van der Waals surface area contributed by atoms with Gasteiger partial charge in [-0.05, 0) is 92.1 Å². The second kappa shape index (κ2) is 12.4. The van der Waals surface area contributed by atoms with E-state index in [1.165, 1.54) is 51.3 Å². The van der Waals surface area contributed by atoms with Gasteiger partial charge < -0.3 is 5.11 Å². The van der Waals surface area contributed by atoms with Gasteiger partial charge in [0.15, 0.2) is 0 Å². The number of nitrogens with zero attached hydrogens (tertiary/aromatic N) is 5. The van der Waals surface area contributed by atoms with Crippen LogP contribution in [0.1, 0.15) is 36.8 Å². The minimum absolute atomic E-state index is 0.0694. The van der Waals surface area contributed by atoms with E-state index in [1.807, 2.05) is 31.2 Å². The van der Waals surface area contributed by atoms with Crippen LogP contribution >= 0.6 is 38.9 Å². The van der Waals surface area contributed by atoms with E-state index in [0.717, 1.165) is 25.4 Å². The number of halogens is 2. The Kier molecular flexibility index (Phi) is 8.02. The number of carbonyl (C=O) groups is 4. The van der Waals surface area contributed by atoms with Crippen molar-refractivity contribution in [2.45, 2.75) is 32.6 Å². The number of nitro groups is 1. The van der Waals surface area contributed by atoms with E-state index < -0.39 is 63.6 Å². The predicted molar refractivity (Wildman–Crippen MR) is 210 cm³/mol. The second-order valence-electron chi connectivity index (χ2n) is 14.9. The molecule has 0 bridgehead atoms. The largest absolute Gasteiger partial charge is 0.508 e. The molecule has 3 aromatic carbocycles. The molecule has 3 fully saturated rings. The maximum atomic E-state index is 15.1. The quantitative estimate of drug-likeness (QED) is 0.0806. The lowest BCUT2D eigenvalue weighted by molar-refractivity contribution is -0.384. The fraction of sp³-hybridized carbons (Fsp3) is 0.275. The molecular formula is C40H31BrClN5O7S. The lowest BCUT2D eigenvalue weighted by Crippen LogP contribution is -2.49. The molecule has 6 unspecified atom stereocenters. The first-order chi connectivity index (χ1) is 26.2. The number of fused-ring (bicyclic) bond motifs is 5. The van der Waals surface area contributed by atoms with Crippen molar-refractivity contribution in [3.05, 3.63) is 109 Å². The van der Waals surface area contributed by atoms with Crippen molar-refractivity contribution >= 4 is 89.8 Å². The van der Waals surface area contributed by atoms with Crippen LogP contribution in [0, 0.1) is 46.1 Å². The van der Waals surface area contributed by atoms with Gasteiger partial charge in [-0.3, -0.25) is 38.9 Å². The Morgan fingerprint density at radius 1 is 0.982 bits per heavy atom. The standard InChI is InChI=1S/C40H31BrClN5O7S/c1-18-25-15-20(42)5-13-31(25)55-35(18)29-17-32(44(3)43-29)46-37(50)28-16-26-23(34(40(28,2)39(46)52)27-14-19(41)4-12-30(27)48)10-11-24-33(26)38(51)45(36(24)49)21-6-8-22(9-7-21)47(53)54/h4-10,12-15,17,24,26,28,33-34,48H,11,16H2,1-3H3. The van der Waals surface area contributed by atoms with E-state index in [4.69, 9.17) is 16.7 Å². The lowest BCUT2D eigenvalue weighted by atomic mass is 9.51. The van der Waals surface area contributed by atoms with E-state index in [2.05, 4.69) is 15.9 Å². The number of amides is 4. The molecule has 2 aromatic heterocycles. The Balaban J connectivity index is 1.14. The maximum Gasteiger partial charge on any atom is 0.269 e. The van der Waals surface area contributed by atoms with Gasteiger partial charge in [0.25, 0.3) is 5.69 Å². The highest BCUT2D eigenvalue weighted by atomic mass is 79.9. The summed E-state index contributed by atoms with van der Waals surface area (Å²) in [6.45, 7) is 3.74. The topological polar surface area (TPSA) is 156 Å². The third-order valence-electron chi connectivity index (χ3n) is 12.1. The van der Waals surface area contributed by atoms with Crippen LogP contribution in [0.4, 0.5) is 17.2 Å². The number of phenols is 1. The summed E-state index contributed by atoms with van der Waals surface area (Å²) in [5.74, 6) is -5.53. The lowest BCUT2D eigenvalue weighted by Gasteiger charge is -2.49. The van der Waals surface area contributed by atoms with Gasteiger partial charge in [0.2, 0.25) is 23.6 Å². The highest BCUT2D eigenvalue weighted by Gasteiger charge is 2.68. The number of rotatable bonds is 5. The van der Waals surface area contributed by atoms with Crippen molar-refractivity contribution in [3.8, 4) is 16.3 Å². The van der Waals surface area contributed by atoms with Crippen molar-refractivity contribution < 1.29 is 29.2 Å². The van der Waals surface area contributed by atoms with Crippen LogP contribution in [0.3, 0.4) is 0 Å². The Morgan fingerprint density at radius 2 is 1.73 bits per heavy atom. The van der Waals surface area contributed by atoms with Gasteiger partial charge in [-0.2, -0.15) is 5.10 Å². The zero-order valence-corrected chi connectivity index (χ0v) is 32.7. The molecule has 6 atom stereocenters. The summed E-state index contributed by atoms with van der Waals surface area (Å²) in [6.07, 6.45) is 2.22. The number of aromatic nitrogens is 2. The van der Waals surface area contributed by atoms with Crippen LogP contribution in [0.15, 0.2) is 82.9 Å². The van der Waals surface area contributed by atoms with E-state index in [-0.39, 0.29) is 30.0 Å². The molecule has 1 saturated carbocycles. The number of phenolic OH excluding ortho intramolecular Hbond substituents is 1. The molecule has 2 aliphatic heterocycles. The number of benzene rings is 3. The van der Waals surface area contributed by atoms with Gasteiger partial charge in [0.1, 0.15) is 17.3 Å². The highest BCUT2D eigenvalue weighted by Crippen LogP contribution is 2.64. The maximum absolute atomic E-state index is 15.1. The number of nitro benzene ring substituents is 1. The van der Waals surface area contributed by atoms with Gasteiger partial charge in [-0.25, -0.2) is 4.90 Å². The number of non-ortho nitro benzene ring substituents is 1. The number of aromatic hydroxyl groups is 1. The Labute approximate surface area is 331 Å². The molecule has 12 nitrogen and oxygen atoms in total. The molecule has 2 saturated heterocycles. The van der Waals surface area contributed by atoms with Crippen LogP contribution in [0.2, 0.25) is 5.02 Å². The van der Waals surface area contributed by atoms with Crippen molar-refractivity contribution in [2.75, 3.05) is 9.80 Å². The molecule has 9 rings (SSSR count). The number of allylic oxidation sites excluding steroid dienone is 2. The van der Waals surface area contributed by atoms with Gasteiger partial charge in [-0.1, -0.05) is 39.2 Å². The normalized spacial score (nSPS) is 26.1. The first-order valence-electron chi connectivity index (χ1n) is 17.6. The van der Waals surface area contributed by atoms with Crippen molar-refractivity contribution in [1.29, 1.82) is 0 Å². The van der Waals surface area contributed by atoms with Crippen molar-refractivity contribution in [1.82, 2.24) is 9.78 Å². The summed E-state index contributed by atoms with van der Waals surface area (Å²) in [7, 11) is 1.68. The third kappa shape index (κ3) is 5.03. The number of carbonyl (C=O) groups excluding carboxylic acids is 4. The smallest absolute Gasteiger partial charge is 0.269 e. The number of anilines is 2. The number of thiophene rings is 1. The Bertz CT molecular complexity index is 2600. The zero-order valence-electron chi connectivity index (χ0n) is 29.5. The van der Waals surface area contributed by atoms with E-state index >= 15 is 4.79 Å². The summed E-state index contributed by atoms with van der Waals surface area (Å²) in [4.78, 5) is 72.2. The molecule has 1 N–H and O–H groups in total. The molecule has 4 amide bonds. The molecule has 278 valence electrons. The first kappa shape index (κ1) is 35.5. The summed E-state index contributed by atoms with van der Waals surface area (Å²) in [5.41, 5.74) is 1.37. The van der Waals surface area contributed by atoms with Gasteiger partial charge in [-0.15, -0.1) is 11.3 Å². The fourth-order valence-corrected chi connectivity index (χ4v) is 11.2. The van der Waals surface area contributed by atoms with Gasteiger partial charge in [0, 0.05) is 50.9 Å². The molecule has 0 spiro atoms. The number of hydrogen-bond donors (Lipinski definition) is 1. The SMILES string of the molecule is Cc1c(-c2cc(N3C(=O)C4CC5C(=CCC6C(=O)N(c7ccc([N+](=O)[O-])cc7)C(=O)C65)C(c5cc(Br)ccc5O)C4(C)C3=O)n(C)n2)sc2ccc(Cl)cc12. The molecule has 5 aromatic rings. The molecule has 0 radical (unpaired) electrons. The molecular weight excluding hydrogens is 810 g/mol. The van der Waals surface area contributed by atoms with Crippen LogP contribution in [0.25, 0.3) is 20.7 Å². The van der Waals surface area contributed by atoms with E-state index in [0.29, 0.717) is 32.1 Å². The molecule has 4 aliphatic rings. The average molecular weight is 841 g/mol. The first-order valence-corrected chi connectivity index (χ1v) is 19.6. The van der Waals surface area contributed by atoms with Crippen LogP contribution in [-0.2, 0) is 26.2 Å². The second-order valence-corrected chi connectivity index (χ2v) is 17.3. The van der Waals surface area contributed by atoms with Crippen LogP contribution in [-0.4, -0.2) is 43.4 Å². The predicted octanol–water partition coefficient (Wildman–Crippen LogP) is 8.08. The van der Waals surface area contributed by atoms with Crippen LogP contribution in [0.5, 0.6) is 5.75 Å². The third-order valence-corrected chi connectivity index (χ3v) is 14.1. The van der Waals surface area contributed by atoms with Gasteiger partial charge >= 0.3 is 0 Å². The number of aryl methyl sites for hydroxylation is 2.